The first-order valence-corrected chi connectivity index (χ1v) is 9.42. The van der Waals surface area contributed by atoms with Gasteiger partial charge in [0.25, 0.3) is 5.91 Å². The molecule has 0 saturated carbocycles. The maximum Gasteiger partial charge on any atom is 0.269 e. The minimum Gasteiger partial charge on any atom is -0.497 e. The molecule has 0 bridgehead atoms. The van der Waals surface area contributed by atoms with E-state index in [-0.39, 0.29) is 23.9 Å². The summed E-state index contributed by atoms with van der Waals surface area (Å²) < 4.78 is 5.23. The van der Waals surface area contributed by atoms with E-state index in [2.05, 4.69) is 25.7 Å². The highest BCUT2D eigenvalue weighted by Gasteiger charge is 2.31. The Bertz CT molecular complexity index is 835. The van der Waals surface area contributed by atoms with Crippen LogP contribution in [0.4, 0.5) is 0 Å². The minimum absolute atomic E-state index is 0.0454. The molecule has 2 heterocycles. The number of amides is 2. The lowest BCUT2D eigenvalue weighted by molar-refractivity contribution is -0.121. The minimum atomic E-state index is -0.190. The maximum atomic E-state index is 12.5. The Morgan fingerprint density at radius 2 is 2.07 bits per heavy atom. The van der Waals surface area contributed by atoms with Gasteiger partial charge in [-0.3, -0.25) is 19.6 Å². The molecule has 3 rings (SSSR count). The Kier molecular flexibility index (Phi) is 6.30. The summed E-state index contributed by atoms with van der Waals surface area (Å²) in [5.41, 5.74) is 1.98. The van der Waals surface area contributed by atoms with Crippen LogP contribution in [0, 0.1) is 0 Å². The standard InChI is InChI=1S/C20H27N5O3/c1-21-19(26)10-14-7-8-15(25(14)2)12-22-20(27)18-11-17(23-24-18)13-5-4-6-16(9-13)28-3/h4-6,9,11,14-15H,7-8,10,12H2,1-3H3,(H,21,26)(H,22,27)(H,23,24)/t14-,15+/m1/s1. The van der Waals surface area contributed by atoms with Crippen LogP contribution in [0.15, 0.2) is 30.3 Å². The van der Waals surface area contributed by atoms with Gasteiger partial charge < -0.3 is 15.4 Å². The van der Waals surface area contributed by atoms with Crippen LogP contribution in [0.2, 0.25) is 0 Å². The van der Waals surface area contributed by atoms with Gasteiger partial charge in [0.15, 0.2) is 0 Å². The van der Waals surface area contributed by atoms with Gasteiger partial charge in [-0.15, -0.1) is 0 Å². The number of benzene rings is 1. The van der Waals surface area contributed by atoms with E-state index in [0.717, 1.165) is 24.2 Å². The molecule has 0 spiro atoms. The summed E-state index contributed by atoms with van der Waals surface area (Å²) in [5, 5.41) is 12.7. The predicted octanol–water partition coefficient (Wildman–Crippen LogP) is 1.41. The Hall–Kier alpha value is -2.87. The molecule has 0 radical (unpaired) electrons. The number of nitrogens with zero attached hydrogens (tertiary/aromatic N) is 2. The van der Waals surface area contributed by atoms with E-state index in [0.29, 0.717) is 24.4 Å². The largest absolute Gasteiger partial charge is 0.497 e. The molecule has 2 aromatic rings. The number of aromatic nitrogens is 2. The summed E-state index contributed by atoms with van der Waals surface area (Å²) in [6.07, 6.45) is 2.40. The van der Waals surface area contributed by atoms with Crippen LogP contribution in [0.5, 0.6) is 5.75 Å². The summed E-state index contributed by atoms with van der Waals surface area (Å²) >= 11 is 0. The third-order valence-electron chi connectivity index (χ3n) is 5.37. The van der Waals surface area contributed by atoms with Gasteiger partial charge >= 0.3 is 0 Å². The Balaban J connectivity index is 1.56. The van der Waals surface area contributed by atoms with Crippen LogP contribution in [-0.2, 0) is 4.79 Å². The SMILES string of the molecule is CNC(=O)C[C@H]1CC[C@@H](CNC(=O)c2cc(-c3cccc(OC)c3)n[nH]2)N1C. The van der Waals surface area contributed by atoms with Gasteiger partial charge in [-0.25, -0.2) is 0 Å². The molecular formula is C20H27N5O3. The molecule has 1 aromatic heterocycles. The van der Waals surface area contributed by atoms with E-state index in [4.69, 9.17) is 4.74 Å². The smallest absolute Gasteiger partial charge is 0.269 e. The highest BCUT2D eigenvalue weighted by Crippen LogP contribution is 2.25. The molecule has 1 fully saturated rings. The number of hydrogen-bond acceptors (Lipinski definition) is 5. The number of methoxy groups -OCH3 is 1. The maximum absolute atomic E-state index is 12.5. The molecule has 1 saturated heterocycles. The molecule has 2 amide bonds. The third-order valence-corrected chi connectivity index (χ3v) is 5.37. The lowest BCUT2D eigenvalue weighted by Gasteiger charge is -2.25. The van der Waals surface area contributed by atoms with Crippen LogP contribution in [0.3, 0.4) is 0 Å². The third kappa shape index (κ3) is 4.51. The first-order valence-electron chi connectivity index (χ1n) is 9.42. The second-order valence-corrected chi connectivity index (χ2v) is 7.04. The Morgan fingerprint density at radius 1 is 1.29 bits per heavy atom. The molecule has 1 aliphatic rings. The monoisotopic (exact) mass is 385 g/mol. The Labute approximate surface area is 164 Å². The summed E-state index contributed by atoms with van der Waals surface area (Å²) in [4.78, 5) is 26.3. The molecular weight excluding hydrogens is 358 g/mol. The average molecular weight is 385 g/mol. The molecule has 2 atom stereocenters. The van der Waals surface area contributed by atoms with Gasteiger partial charge in [0, 0.05) is 37.7 Å². The molecule has 1 aromatic carbocycles. The van der Waals surface area contributed by atoms with Crippen molar-refractivity contribution in [1.82, 2.24) is 25.7 Å². The first kappa shape index (κ1) is 19.9. The van der Waals surface area contributed by atoms with Gasteiger partial charge in [0.2, 0.25) is 5.91 Å². The van der Waals surface area contributed by atoms with Crippen LogP contribution >= 0.6 is 0 Å². The fraction of sp³-hybridized carbons (Fsp3) is 0.450. The molecule has 0 unspecified atom stereocenters. The van der Waals surface area contributed by atoms with Crippen molar-refractivity contribution >= 4 is 11.8 Å². The van der Waals surface area contributed by atoms with E-state index >= 15 is 0 Å². The zero-order valence-corrected chi connectivity index (χ0v) is 16.5. The van der Waals surface area contributed by atoms with E-state index in [1.165, 1.54) is 0 Å². The number of rotatable bonds is 7. The van der Waals surface area contributed by atoms with Crippen LogP contribution < -0.4 is 15.4 Å². The van der Waals surface area contributed by atoms with Gasteiger partial charge in [0.1, 0.15) is 11.4 Å². The number of likely N-dealkylation sites (tertiary alicyclic amines) is 1. The quantitative estimate of drug-likeness (QED) is 0.669. The lowest BCUT2D eigenvalue weighted by Crippen LogP contribution is -2.42. The topological polar surface area (TPSA) is 99.4 Å². The fourth-order valence-electron chi connectivity index (χ4n) is 3.57. The molecule has 150 valence electrons. The molecule has 0 aliphatic carbocycles. The zero-order chi connectivity index (χ0) is 20.1. The van der Waals surface area contributed by atoms with E-state index in [1.54, 1.807) is 20.2 Å². The van der Waals surface area contributed by atoms with Gasteiger partial charge in [-0.2, -0.15) is 5.10 Å². The summed E-state index contributed by atoms with van der Waals surface area (Å²) in [5.74, 6) is 0.593. The highest BCUT2D eigenvalue weighted by molar-refractivity contribution is 5.93. The molecule has 8 nitrogen and oxygen atoms in total. The van der Waals surface area contributed by atoms with Gasteiger partial charge in [-0.05, 0) is 38.1 Å². The Morgan fingerprint density at radius 3 is 2.82 bits per heavy atom. The number of nitrogens with one attached hydrogen (secondary N) is 3. The number of aromatic amines is 1. The summed E-state index contributed by atoms with van der Waals surface area (Å²) in [6, 6.07) is 9.70. The second kappa shape index (κ2) is 8.88. The van der Waals surface area contributed by atoms with E-state index in [9.17, 15) is 9.59 Å². The van der Waals surface area contributed by atoms with Crippen molar-refractivity contribution in [3.8, 4) is 17.0 Å². The van der Waals surface area contributed by atoms with Crippen molar-refractivity contribution in [2.45, 2.75) is 31.3 Å². The number of H-pyrrole nitrogens is 1. The summed E-state index contributed by atoms with van der Waals surface area (Å²) in [7, 11) is 5.27. The number of carbonyl (C=O) groups is 2. The molecule has 3 N–H and O–H groups in total. The van der Waals surface area contributed by atoms with Gasteiger partial charge in [-0.1, -0.05) is 12.1 Å². The van der Waals surface area contributed by atoms with Crippen molar-refractivity contribution in [2.24, 2.45) is 0 Å². The van der Waals surface area contributed by atoms with E-state index in [1.807, 2.05) is 31.3 Å². The zero-order valence-electron chi connectivity index (χ0n) is 16.5. The highest BCUT2D eigenvalue weighted by atomic mass is 16.5. The number of carbonyl (C=O) groups excluding carboxylic acids is 2. The predicted molar refractivity (Wildman–Crippen MR) is 106 cm³/mol. The number of ether oxygens (including phenoxy) is 1. The normalized spacial score (nSPS) is 19.4. The number of likely N-dealkylation sites (N-methyl/N-ethyl adjacent to an activating group) is 1. The summed E-state index contributed by atoms with van der Waals surface area (Å²) in [6.45, 7) is 0.535. The van der Waals surface area contributed by atoms with E-state index < -0.39 is 0 Å². The fourth-order valence-corrected chi connectivity index (χ4v) is 3.57. The lowest BCUT2D eigenvalue weighted by atomic mass is 10.1. The molecule has 8 heteroatoms. The van der Waals surface area contributed by atoms with Crippen molar-refractivity contribution < 1.29 is 14.3 Å². The van der Waals surface area contributed by atoms with Crippen molar-refractivity contribution in [3.05, 3.63) is 36.0 Å². The van der Waals surface area contributed by atoms with Crippen molar-refractivity contribution in [2.75, 3.05) is 27.7 Å². The van der Waals surface area contributed by atoms with Crippen molar-refractivity contribution in [1.29, 1.82) is 0 Å². The first-order chi connectivity index (χ1) is 13.5. The molecule has 1 aliphatic heterocycles. The number of hydrogen-bond donors (Lipinski definition) is 3. The van der Waals surface area contributed by atoms with Crippen LogP contribution in [0.1, 0.15) is 29.8 Å². The second-order valence-electron chi connectivity index (χ2n) is 7.04. The average Bonchev–Trinajstić information content (AvgIpc) is 3.34. The van der Waals surface area contributed by atoms with Crippen LogP contribution in [0.25, 0.3) is 11.3 Å². The molecule has 28 heavy (non-hydrogen) atoms. The van der Waals surface area contributed by atoms with Gasteiger partial charge in [0.05, 0.1) is 12.8 Å². The van der Waals surface area contributed by atoms with Crippen molar-refractivity contribution in [3.63, 3.8) is 0 Å². The van der Waals surface area contributed by atoms with Crippen LogP contribution in [-0.4, -0.2) is 66.7 Å².